The quantitative estimate of drug-likeness (QED) is 0.817. The minimum atomic E-state index is -0.439. The SMILES string of the molecule is COc1ccccc1[C@H]1CN(C(=O)c2ccccc2F)[C@@H]2C3CCN(CC3)[C@H]12. The fourth-order valence-electron chi connectivity index (χ4n) is 5.69. The minimum absolute atomic E-state index is 0.143. The molecule has 5 heteroatoms. The number of halogens is 1. The summed E-state index contributed by atoms with van der Waals surface area (Å²) in [7, 11) is 1.70. The lowest BCUT2D eigenvalue weighted by Gasteiger charge is -2.51. The van der Waals surface area contributed by atoms with Crippen LogP contribution in [0.15, 0.2) is 48.5 Å². The van der Waals surface area contributed by atoms with E-state index in [9.17, 15) is 9.18 Å². The minimum Gasteiger partial charge on any atom is -0.496 e. The molecule has 0 spiro atoms. The van der Waals surface area contributed by atoms with Gasteiger partial charge in [0.1, 0.15) is 11.6 Å². The molecule has 2 bridgehead atoms. The Morgan fingerprint density at radius 3 is 2.50 bits per heavy atom. The third-order valence-corrected chi connectivity index (χ3v) is 6.90. The average Bonchev–Trinajstić information content (AvgIpc) is 3.17. The maximum Gasteiger partial charge on any atom is 0.257 e. The van der Waals surface area contributed by atoms with E-state index < -0.39 is 5.82 Å². The Morgan fingerprint density at radius 2 is 1.75 bits per heavy atom. The summed E-state index contributed by atoms with van der Waals surface area (Å²) in [6.45, 7) is 2.77. The standard InChI is InChI=1S/C23H25FN2O2/c1-28-20-9-5-3-6-16(20)18-14-26(23(27)17-7-2-4-8-19(17)24)21-15-10-12-25(13-11-15)22(18)21/h2-9,15,18,21-22H,10-14H2,1H3/t18-,21-,22-/m1/s1. The molecule has 4 aliphatic rings. The zero-order chi connectivity index (χ0) is 19.3. The summed E-state index contributed by atoms with van der Waals surface area (Å²) in [5.41, 5.74) is 1.33. The highest BCUT2D eigenvalue weighted by Gasteiger charge is 2.55. The zero-order valence-electron chi connectivity index (χ0n) is 16.1. The monoisotopic (exact) mass is 380 g/mol. The fourth-order valence-corrected chi connectivity index (χ4v) is 5.69. The molecule has 4 aliphatic heterocycles. The molecule has 4 nitrogen and oxygen atoms in total. The van der Waals surface area contributed by atoms with E-state index in [1.165, 1.54) is 6.07 Å². The van der Waals surface area contributed by atoms with Crippen LogP contribution in [0.25, 0.3) is 0 Å². The number of benzene rings is 2. The lowest BCUT2D eigenvalue weighted by Crippen LogP contribution is -2.60. The van der Waals surface area contributed by atoms with Gasteiger partial charge in [-0.05, 0) is 50.0 Å². The number of carbonyl (C=O) groups is 1. The summed E-state index contributed by atoms with van der Waals surface area (Å²) < 4.78 is 20.0. The van der Waals surface area contributed by atoms with Crippen molar-refractivity contribution in [2.45, 2.75) is 30.8 Å². The number of hydrogen-bond donors (Lipinski definition) is 0. The van der Waals surface area contributed by atoms with Crippen LogP contribution in [0.2, 0.25) is 0 Å². The van der Waals surface area contributed by atoms with Gasteiger partial charge in [-0.3, -0.25) is 9.69 Å². The van der Waals surface area contributed by atoms with Gasteiger partial charge >= 0.3 is 0 Å². The van der Waals surface area contributed by atoms with Crippen molar-refractivity contribution < 1.29 is 13.9 Å². The molecule has 1 amide bonds. The van der Waals surface area contributed by atoms with E-state index in [1.807, 2.05) is 23.1 Å². The van der Waals surface area contributed by atoms with Gasteiger partial charge in [0, 0.05) is 24.1 Å². The van der Waals surface area contributed by atoms with Crippen LogP contribution >= 0.6 is 0 Å². The van der Waals surface area contributed by atoms with E-state index in [0.29, 0.717) is 12.5 Å². The van der Waals surface area contributed by atoms with Gasteiger partial charge in [0.15, 0.2) is 0 Å². The molecule has 146 valence electrons. The highest BCUT2D eigenvalue weighted by Crippen LogP contribution is 2.48. The van der Waals surface area contributed by atoms with Crippen LogP contribution in [0.4, 0.5) is 4.39 Å². The predicted octanol–water partition coefficient (Wildman–Crippen LogP) is 3.54. The number of amides is 1. The number of rotatable bonds is 3. The Hall–Kier alpha value is -2.40. The molecular weight excluding hydrogens is 355 g/mol. The summed E-state index contributed by atoms with van der Waals surface area (Å²) in [6.07, 6.45) is 2.22. The molecule has 3 atom stereocenters. The van der Waals surface area contributed by atoms with Crippen molar-refractivity contribution in [1.29, 1.82) is 0 Å². The Balaban J connectivity index is 1.56. The maximum atomic E-state index is 14.4. The number of carbonyl (C=O) groups excluding carboxylic acids is 1. The van der Waals surface area contributed by atoms with Gasteiger partial charge in [-0.1, -0.05) is 30.3 Å². The Labute approximate surface area is 164 Å². The van der Waals surface area contributed by atoms with Gasteiger partial charge in [-0.15, -0.1) is 0 Å². The van der Waals surface area contributed by atoms with E-state index in [2.05, 4.69) is 11.0 Å². The molecule has 28 heavy (non-hydrogen) atoms. The number of piperidine rings is 3. The third kappa shape index (κ3) is 2.64. The molecule has 4 heterocycles. The van der Waals surface area contributed by atoms with Crippen molar-refractivity contribution in [1.82, 2.24) is 9.80 Å². The van der Waals surface area contributed by atoms with Crippen LogP contribution in [-0.2, 0) is 0 Å². The first kappa shape index (κ1) is 17.7. The molecule has 0 N–H and O–H groups in total. The van der Waals surface area contributed by atoms with Crippen molar-refractivity contribution >= 4 is 5.91 Å². The van der Waals surface area contributed by atoms with Gasteiger partial charge in [0.2, 0.25) is 0 Å². The Kier molecular flexibility index (Phi) is 4.35. The highest BCUT2D eigenvalue weighted by molar-refractivity contribution is 5.95. The lowest BCUT2D eigenvalue weighted by molar-refractivity contribution is -0.00363. The van der Waals surface area contributed by atoms with Crippen molar-refractivity contribution in [3.05, 3.63) is 65.5 Å². The van der Waals surface area contributed by atoms with Gasteiger partial charge in [0.05, 0.1) is 18.7 Å². The van der Waals surface area contributed by atoms with Crippen LogP contribution in [0.3, 0.4) is 0 Å². The molecule has 4 saturated heterocycles. The topological polar surface area (TPSA) is 32.8 Å². The Morgan fingerprint density at radius 1 is 1.04 bits per heavy atom. The molecule has 0 aromatic heterocycles. The molecule has 6 rings (SSSR count). The molecule has 4 fully saturated rings. The number of ether oxygens (including phenoxy) is 1. The first-order valence-corrected chi connectivity index (χ1v) is 10.1. The van der Waals surface area contributed by atoms with Gasteiger partial charge in [0.25, 0.3) is 5.91 Å². The number of nitrogens with zero attached hydrogens (tertiary/aromatic N) is 2. The molecule has 2 aromatic carbocycles. The van der Waals surface area contributed by atoms with Crippen molar-refractivity contribution in [3.63, 3.8) is 0 Å². The number of para-hydroxylation sites is 1. The summed E-state index contributed by atoms with van der Waals surface area (Å²) in [5.74, 6) is 0.921. The van der Waals surface area contributed by atoms with Gasteiger partial charge < -0.3 is 9.64 Å². The lowest BCUT2D eigenvalue weighted by atomic mass is 9.75. The van der Waals surface area contributed by atoms with Crippen molar-refractivity contribution in [2.75, 3.05) is 26.7 Å². The number of fused-ring (bicyclic) bond motifs is 2. The number of methoxy groups -OCH3 is 1. The predicted molar refractivity (Wildman–Crippen MR) is 105 cm³/mol. The van der Waals surface area contributed by atoms with Crippen molar-refractivity contribution in [2.24, 2.45) is 5.92 Å². The van der Waals surface area contributed by atoms with Crippen LogP contribution in [0.5, 0.6) is 5.75 Å². The maximum absolute atomic E-state index is 14.4. The third-order valence-electron chi connectivity index (χ3n) is 6.90. The first-order chi connectivity index (χ1) is 13.7. The first-order valence-electron chi connectivity index (χ1n) is 10.1. The average molecular weight is 380 g/mol. The summed E-state index contributed by atoms with van der Waals surface area (Å²) in [6, 6.07) is 14.9. The number of likely N-dealkylation sites (tertiary alicyclic amines) is 1. The second kappa shape index (κ2) is 6.89. The Bertz CT molecular complexity index is 894. The normalized spacial score (nSPS) is 30.9. The van der Waals surface area contributed by atoms with Gasteiger partial charge in [-0.25, -0.2) is 4.39 Å². The van der Waals surface area contributed by atoms with E-state index in [1.54, 1.807) is 25.3 Å². The molecule has 0 unspecified atom stereocenters. The van der Waals surface area contributed by atoms with Crippen LogP contribution < -0.4 is 4.74 Å². The largest absolute Gasteiger partial charge is 0.496 e. The van der Waals surface area contributed by atoms with Gasteiger partial charge in [-0.2, -0.15) is 0 Å². The highest BCUT2D eigenvalue weighted by atomic mass is 19.1. The second-order valence-electron chi connectivity index (χ2n) is 8.14. The van der Waals surface area contributed by atoms with Crippen molar-refractivity contribution in [3.8, 4) is 5.75 Å². The molecule has 0 saturated carbocycles. The molecule has 0 radical (unpaired) electrons. The fraction of sp³-hybridized carbons (Fsp3) is 0.435. The molecule has 0 aliphatic carbocycles. The van der Waals surface area contributed by atoms with Crippen LogP contribution in [0.1, 0.15) is 34.7 Å². The summed E-state index contributed by atoms with van der Waals surface area (Å²) >= 11 is 0. The van der Waals surface area contributed by atoms with E-state index in [4.69, 9.17) is 4.74 Å². The van der Waals surface area contributed by atoms with Crippen LogP contribution in [-0.4, -0.2) is 54.5 Å². The second-order valence-corrected chi connectivity index (χ2v) is 8.14. The summed E-state index contributed by atoms with van der Waals surface area (Å²) in [4.78, 5) is 17.9. The molecule has 2 aromatic rings. The number of hydrogen-bond acceptors (Lipinski definition) is 3. The van der Waals surface area contributed by atoms with E-state index in [-0.39, 0.29) is 29.5 Å². The summed E-state index contributed by atoms with van der Waals surface area (Å²) in [5, 5.41) is 0. The smallest absolute Gasteiger partial charge is 0.257 e. The van der Waals surface area contributed by atoms with Crippen LogP contribution in [0, 0.1) is 11.7 Å². The molecular formula is C23H25FN2O2. The zero-order valence-corrected chi connectivity index (χ0v) is 16.1. The van der Waals surface area contributed by atoms with E-state index >= 15 is 0 Å². The van der Waals surface area contributed by atoms with E-state index in [0.717, 1.165) is 37.2 Å².